The maximum Gasteiger partial charge on any atom is 0.339 e. The van der Waals surface area contributed by atoms with Crippen LogP contribution in [0.5, 0.6) is 0 Å². The van der Waals surface area contributed by atoms with Gasteiger partial charge in [-0.15, -0.1) is 0 Å². The Balaban J connectivity index is 2.49. The number of aryl methyl sites for hydroxylation is 1. The predicted molar refractivity (Wildman–Crippen MR) is 56.9 cm³/mol. The average molecular weight is 208 g/mol. The molecular weight excluding hydrogens is 192 g/mol. The minimum Gasteiger partial charge on any atom is -0.465 e. The van der Waals surface area contributed by atoms with Crippen LogP contribution in [0.2, 0.25) is 0 Å². The summed E-state index contributed by atoms with van der Waals surface area (Å²) in [5.74, 6) is -0.216. The number of carbonyl (C=O) groups excluding carboxylic acids is 1. The highest BCUT2D eigenvalue weighted by atomic mass is 16.5. The van der Waals surface area contributed by atoms with Crippen LogP contribution in [0.15, 0.2) is 0 Å². The number of methoxy groups -OCH3 is 1. The second-order valence-electron chi connectivity index (χ2n) is 3.71. The Hall–Kier alpha value is -1.29. The van der Waals surface area contributed by atoms with Crippen LogP contribution in [-0.2, 0) is 24.1 Å². The zero-order chi connectivity index (χ0) is 10.8. The Bertz CT molecular complexity index is 382. The van der Waals surface area contributed by atoms with Crippen LogP contribution in [0.3, 0.4) is 0 Å². The number of hydrogen-bond acceptors (Lipinski definition) is 3. The molecule has 0 amide bonds. The van der Waals surface area contributed by atoms with Gasteiger partial charge < -0.3 is 15.0 Å². The smallest absolute Gasteiger partial charge is 0.339 e. The summed E-state index contributed by atoms with van der Waals surface area (Å²) in [6.45, 7) is 3.79. The van der Waals surface area contributed by atoms with Gasteiger partial charge in [0.05, 0.1) is 12.7 Å². The van der Waals surface area contributed by atoms with E-state index in [9.17, 15) is 4.79 Å². The Morgan fingerprint density at radius 1 is 1.53 bits per heavy atom. The second-order valence-corrected chi connectivity index (χ2v) is 3.71. The molecule has 2 N–H and O–H groups in total. The van der Waals surface area contributed by atoms with Crippen LogP contribution in [0, 0.1) is 0 Å². The molecule has 1 aromatic rings. The lowest BCUT2D eigenvalue weighted by Crippen LogP contribution is -2.24. The van der Waals surface area contributed by atoms with E-state index < -0.39 is 0 Å². The predicted octanol–water partition coefficient (Wildman–Crippen LogP) is 1.01. The molecule has 15 heavy (non-hydrogen) atoms. The van der Waals surface area contributed by atoms with E-state index in [2.05, 4.69) is 10.3 Å². The number of hydrogen-bond donors (Lipinski definition) is 2. The largest absolute Gasteiger partial charge is 0.465 e. The van der Waals surface area contributed by atoms with E-state index in [-0.39, 0.29) is 5.97 Å². The molecule has 0 radical (unpaired) electrons. The summed E-state index contributed by atoms with van der Waals surface area (Å²) in [5, 5.41) is 3.28. The third-order valence-corrected chi connectivity index (χ3v) is 2.87. The third-order valence-electron chi connectivity index (χ3n) is 2.87. The Kier molecular flexibility index (Phi) is 2.77. The van der Waals surface area contributed by atoms with Gasteiger partial charge in [0, 0.05) is 17.9 Å². The lowest BCUT2D eigenvalue weighted by Gasteiger charge is -2.13. The molecule has 2 rings (SSSR count). The fourth-order valence-corrected chi connectivity index (χ4v) is 2.12. The van der Waals surface area contributed by atoms with Crippen molar-refractivity contribution in [2.24, 2.45) is 0 Å². The van der Waals surface area contributed by atoms with Gasteiger partial charge in [-0.3, -0.25) is 0 Å². The Morgan fingerprint density at radius 2 is 2.33 bits per heavy atom. The molecule has 0 saturated heterocycles. The summed E-state index contributed by atoms with van der Waals surface area (Å²) in [4.78, 5) is 15.0. The molecule has 1 aromatic heterocycles. The first kappa shape index (κ1) is 10.2. The van der Waals surface area contributed by atoms with Crippen LogP contribution in [0.4, 0.5) is 0 Å². The first-order valence-corrected chi connectivity index (χ1v) is 5.29. The molecule has 0 aromatic carbocycles. The van der Waals surface area contributed by atoms with E-state index in [1.165, 1.54) is 7.11 Å². The molecule has 82 valence electrons. The van der Waals surface area contributed by atoms with Crippen molar-refractivity contribution >= 4 is 5.97 Å². The van der Waals surface area contributed by atoms with Crippen LogP contribution >= 0.6 is 0 Å². The van der Waals surface area contributed by atoms with E-state index in [1.807, 2.05) is 6.92 Å². The molecule has 0 unspecified atom stereocenters. The van der Waals surface area contributed by atoms with Crippen LogP contribution in [0.1, 0.15) is 34.2 Å². The van der Waals surface area contributed by atoms with Gasteiger partial charge in [-0.1, -0.05) is 6.92 Å². The molecule has 0 bridgehead atoms. The summed E-state index contributed by atoms with van der Waals surface area (Å²) in [5.41, 5.74) is 4.03. The van der Waals surface area contributed by atoms with E-state index in [0.717, 1.165) is 48.4 Å². The lowest BCUT2D eigenvalue weighted by atomic mass is 10.0. The van der Waals surface area contributed by atoms with Crippen LogP contribution < -0.4 is 5.32 Å². The van der Waals surface area contributed by atoms with Gasteiger partial charge in [-0.25, -0.2) is 4.79 Å². The highest BCUT2D eigenvalue weighted by Crippen LogP contribution is 2.23. The van der Waals surface area contributed by atoms with E-state index in [0.29, 0.717) is 0 Å². The van der Waals surface area contributed by atoms with Crippen molar-refractivity contribution in [3.8, 4) is 0 Å². The zero-order valence-electron chi connectivity index (χ0n) is 9.14. The van der Waals surface area contributed by atoms with E-state index in [4.69, 9.17) is 4.74 Å². The van der Waals surface area contributed by atoms with E-state index in [1.54, 1.807) is 0 Å². The van der Waals surface area contributed by atoms with Crippen molar-refractivity contribution < 1.29 is 9.53 Å². The number of ether oxygens (including phenoxy) is 1. The lowest BCUT2D eigenvalue weighted by molar-refractivity contribution is 0.0598. The summed E-state index contributed by atoms with van der Waals surface area (Å²) in [6.07, 6.45) is 1.73. The van der Waals surface area contributed by atoms with Crippen molar-refractivity contribution in [1.29, 1.82) is 0 Å². The maximum absolute atomic E-state index is 11.7. The van der Waals surface area contributed by atoms with E-state index >= 15 is 0 Å². The van der Waals surface area contributed by atoms with Crippen molar-refractivity contribution in [1.82, 2.24) is 10.3 Å². The monoisotopic (exact) mass is 208 g/mol. The van der Waals surface area contributed by atoms with Crippen molar-refractivity contribution in [3.63, 3.8) is 0 Å². The van der Waals surface area contributed by atoms with Crippen molar-refractivity contribution in [2.45, 2.75) is 26.3 Å². The topological polar surface area (TPSA) is 54.1 Å². The minimum atomic E-state index is -0.216. The van der Waals surface area contributed by atoms with Gasteiger partial charge in [0.15, 0.2) is 0 Å². The molecule has 1 aliphatic rings. The Labute approximate surface area is 89.0 Å². The molecular formula is C11H16N2O2. The minimum absolute atomic E-state index is 0.216. The van der Waals surface area contributed by atoms with Gasteiger partial charge in [0.1, 0.15) is 0 Å². The highest BCUT2D eigenvalue weighted by Gasteiger charge is 2.23. The molecule has 0 spiro atoms. The molecule has 4 heteroatoms. The number of aromatic nitrogens is 1. The summed E-state index contributed by atoms with van der Waals surface area (Å²) in [7, 11) is 1.43. The Morgan fingerprint density at radius 3 is 3.00 bits per heavy atom. The van der Waals surface area contributed by atoms with Gasteiger partial charge in [-0.05, 0) is 24.9 Å². The highest BCUT2D eigenvalue weighted by molar-refractivity contribution is 5.93. The number of nitrogens with one attached hydrogen (secondary N) is 2. The zero-order valence-corrected chi connectivity index (χ0v) is 9.14. The number of esters is 1. The van der Waals surface area contributed by atoms with Crippen LogP contribution in [0.25, 0.3) is 0 Å². The van der Waals surface area contributed by atoms with Gasteiger partial charge >= 0.3 is 5.97 Å². The fraction of sp³-hybridized carbons (Fsp3) is 0.545. The standard InChI is InChI=1S/C11H16N2O2/c1-3-8-10(11(14)15-2)7-4-5-12-6-9(7)13-8/h12-13H,3-6H2,1-2H3. The quantitative estimate of drug-likeness (QED) is 0.713. The number of fused-ring (bicyclic) bond motifs is 1. The van der Waals surface area contributed by atoms with Gasteiger partial charge in [-0.2, -0.15) is 0 Å². The van der Waals surface area contributed by atoms with Crippen LogP contribution in [-0.4, -0.2) is 24.6 Å². The van der Waals surface area contributed by atoms with Crippen molar-refractivity contribution in [2.75, 3.05) is 13.7 Å². The summed E-state index contributed by atoms with van der Waals surface area (Å²) in [6, 6.07) is 0. The second kappa shape index (κ2) is 4.06. The summed E-state index contributed by atoms with van der Waals surface area (Å²) < 4.78 is 4.82. The SMILES string of the molecule is CCc1[nH]c2c(c1C(=O)OC)CCNC2. The number of carbonyl (C=O) groups is 1. The first-order valence-electron chi connectivity index (χ1n) is 5.29. The molecule has 0 fully saturated rings. The molecule has 1 aliphatic heterocycles. The van der Waals surface area contributed by atoms with Gasteiger partial charge in [0.25, 0.3) is 0 Å². The summed E-state index contributed by atoms with van der Waals surface area (Å²) >= 11 is 0. The van der Waals surface area contributed by atoms with Gasteiger partial charge in [0.2, 0.25) is 0 Å². The molecule has 0 aliphatic carbocycles. The molecule has 0 saturated carbocycles. The first-order chi connectivity index (χ1) is 7.27. The van der Waals surface area contributed by atoms with Crippen molar-refractivity contribution in [3.05, 3.63) is 22.5 Å². The maximum atomic E-state index is 11.7. The average Bonchev–Trinajstić information content (AvgIpc) is 2.66. The third kappa shape index (κ3) is 1.65. The molecule has 4 nitrogen and oxygen atoms in total. The number of rotatable bonds is 2. The normalized spacial score (nSPS) is 14.8. The number of H-pyrrole nitrogens is 1. The fourth-order valence-electron chi connectivity index (χ4n) is 2.12. The number of aromatic amines is 1. The molecule has 0 atom stereocenters. The molecule has 2 heterocycles.